The van der Waals surface area contributed by atoms with Gasteiger partial charge in [0.25, 0.3) is 0 Å². The Kier molecular flexibility index (Phi) is 2.99. The lowest BCUT2D eigenvalue weighted by Crippen LogP contribution is -2.20. The predicted molar refractivity (Wildman–Crippen MR) is 59.7 cm³/mol. The highest BCUT2D eigenvalue weighted by Gasteiger charge is 2.02. The molecule has 0 aliphatic heterocycles. The lowest BCUT2D eigenvalue weighted by Gasteiger charge is -2.10. The first-order valence-electron chi connectivity index (χ1n) is 4.32. The number of benzene rings is 1. The van der Waals surface area contributed by atoms with E-state index in [1.165, 1.54) is 5.01 Å². The number of aryl methyl sites for hydroxylation is 1. The van der Waals surface area contributed by atoms with Gasteiger partial charge in [-0.15, -0.1) is 0 Å². The monoisotopic (exact) mass is 192 g/mol. The molecule has 1 rings (SSSR count). The molecule has 0 atom stereocenters. The number of anilines is 1. The van der Waals surface area contributed by atoms with Crippen LogP contribution in [0.1, 0.15) is 11.1 Å². The lowest BCUT2D eigenvalue weighted by molar-refractivity contribution is 0.486. The standard InChI is InChI=1S/C10H16N4/c1-7-3-4-8(11)5-9(7)10(12)6-14(2)13/h3-6H,11-13H2,1-2H3/b10-6-. The first kappa shape index (κ1) is 10.4. The fraction of sp³-hybridized carbons (Fsp3) is 0.200. The van der Waals surface area contributed by atoms with Crippen LogP contribution < -0.4 is 17.3 Å². The summed E-state index contributed by atoms with van der Waals surface area (Å²) >= 11 is 0. The number of hydrogen-bond acceptors (Lipinski definition) is 4. The smallest absolute Gasteiger partial charge is 0.0567 e. The second-order valence-electron chi connectivity index (χ2n) is 3.32. The van der Waals surface area contributed by atoms with Gasteiger partial charge >= 0.3 is 0 Å². The molecule has 14 heavy (non-hydrogen) atoms. The van der Waals surface area contributed by atoms with E-state index in [9.17, 15) is 0 Å². The topological polar surface area (TPSA) is 81.3 Å². The first-order chi connectivity index (χ1) is 6.50. The van der Waals surface area contributed by atoms with Gasteiger partial charge in [-0.3, -0.25) is 0 Å². The minimum Gasteiger partial charge on any atom is -0.399 e. The molecule has 0 radical (unpaired) electrons. The maximum atomic E-state index is 5.85. The number of rotatable bonds is 2. The van der Waals surface area contributed by atoms with Crippen LogP contribution in [0.3, 0.4) is 0 Å². The quantitative estimate of drug-likeness (QED) is 0.365. The second-order valence-corrected chi connectivity index (χ2v) is 3.32. The van der Waals surface area contributed by atoms with Crippen LogP contribution in [0, 0.1) is 6.92 Å². The molecule has 0 unspecified atom stereocenters. The molecule has 0 spiro atoms. The molecule has 0 aliphatic carbocycles. The number of nitrogens with two attached hydrogens (primary N) is 3. The molecule has 0 heterocycles. The molecule has 0 saturated carbocycles. The van der Waals surface area contributed by atoms with Gasteiger partial charge in [0.05, 0.1) is 5.70 Å². The Morgan fingerprint density at radius 1 is 1.43 bits per heavy atom. The summed E-state index contributed by atoms with van der Waals surface area (Å²) in [5.74, 6) is 5.46. The Hall–Kier alpha value is -1.68. The summed E-state index contributed by atoms with van der Waals surface area (Å²) in [4.78, 5) is 0. The molecule has 0 amide bonds. The second kappa shape index (κ2) is 4.02. The van der Waals surface area contributed by atoms with E-state index in [4.69, 9.17) is 17.3 Å². The Morgan fingerprint density at radius 2 is 2.07 bits per heavy atom. The van der Waals surface area contributed by atoms with Crippen molar-refractivity contribution in [1.29, 1.82) is 0 Å². The molecular formula is C10H16N4. The van der Waals surface area contributed by atoms with Crippen molar-refractivity contribution in [3.63, 3.8) is 0 Å². The Morgan fingerprint density at radius 3 is 2.64 bits per heavy atom. The van der Waals surface area contributed by atoms with Crippen LogP contribution in [0.15, 0.2) is 24.4 Å². The van der Waals surface area contributed by atoms with Gasteiger partial charge in [-0.1, -0.05) is 6.07 Å². The van der Waals surface area contributed by atoms with Gasteiger partial charge in [0.1, 0.15) is 0 Å². The molecular weight excluding hydrogens is 176 g/mol. The van der Waals surface area contributed by atoms with Crippen molar-refractivity contribution in [3.8, 4) is 0 Å². The Labute approximate surface area is 84.0 Å². The van der Waals surface area contributed by atoms with Gasteiger partial charge in [0, 0.05) is 24.5 Å². The Balaban J connectivity index is 3.12. The van der Waals surface area contributed by atoms with Gasteiger partial charge in [-0.05, 0) is 24.6 Å². The third-order valence-electron chi connectivity index (χ3n) is 1.92. The zero-order valence-corrected chi connectivity index (χ0v) is 8.49. The van der Waals surface area contributed by atoms with Crippen LogP contribution in [0.5, 0.6) is 0 Å². The SMILES string of the molecule is Cc1ccc(N)cc1/C(N)=C/N(C)N. The molecule has 0 bridgehead atoms. The van der Waals surface area contributed by atoms with Crippen molar-refractivity contribution >= 4 is 11.4 Å². The van der Waals surface area contributed by atoms with Crippen molar-refractivity contribution in [2.75, 3.05) is 12.8 Å². The van der Waals surface area contributed by atoms with Crippen molar-refractivity contribution in [2.45, 2.75) is 6.92 Å². The highest BCUT2D eigenvalue weighted by atomic mass is 15.4. The average Bonchev–Trinajstić information content (AvgIpc) is 2.08. The van der Waals surface area contributed by atoms with E-state index in [2.05, 4.69) is 0 Å². The van der Waals surface area contributed by atoms with Gasteiger partial charge in [0.15, 0.2) is 0 Å². The van der Waals surface area contributed by atoms with E-state index < -0.39 is 0 Å². The maximum absolute atomic E-state index is 5.85. The summed E-state index contributed by atoms with van der Waals surface area (Å²) in [6.45, 7) is 1.98. The van der Waals surface area contributed by atoms with E-state index in [1.54, 1.807) is 13.2 Å². The van der Waals surface area contributed by atoms with Crippen LogP contribution in [0.25, 0.3) is 5.70 Å². The van der Waals surface area contributed by atoms with Crippen LogP contribution in [-0.4, -0.2) is 12.1 Å². The van der Waals surface area contributed by atoms with Gasteiger partial charge in [0.2, 0.25) is 0 Å². The highest BCUT2D eigenvalue weighted by molar-refractivity contribution is 5.68. The molecule has 1 aromatic rings. The third-order valence-corrected chi connectivity index (χ3v) is 1.92. The molecule has 0 aromatic heterocycles. The zero-order valence-electron chi connectivity index (χ0n) is 8.49. The van der Waals surface area contributed by atoms with Crippen molar-refractivity contribution in [2.24, 2.45) is 11.6 Å². The molecule has 0 saturated heterocycles. The fourth-order valence-electron chi connectivity index (χ4n) is 1.24. The minimum atomic E-state index is 0.611. The summed E-state index contributed by atoms with van der Waals surface area (Å²) in [5.41, 5.74) is 14.8. The van der Waals surface area contributed by atoms with Crippen molar-refractivity contribution < 1.29 is 0 Å². The van der Waals surface area contributed by atoms with E-state index in [0.29, 0.717) is 11.4 Å². The summed E-state index contributed by atoms with van der Waals surface area (Å²) in [6, 6.07) is 5.62. The molecule has 76 valence electrons. The van der Waals surface area contributed by atoms with Gasteiger partial charge in [-0.25, -0.2) is 5.84 Å². The summed E-state index contributed by atoms with van der Waals surface area (Å²) in [7, 11) is 1.72. The van der Waals surface area contributed by atoms with E-state index in [-0.39, 0.29) is 0 Å². The normalized spacial score (nSPS) is 11.5. The van der Waals surface area contributed by atoms with Crippen LogP contribution in [0.2, 0.25) is 0 Å². The van der Waals surface area contributed by atoms with Crippen molar-refractivity contribution in [1.82, 2.24) is 5.01 Å². The van der Waals surface area contributed by atoms with Crippen molar-refractivity contribution in [3.05, 3.63) is 35.5 Å². The van der Waals surface area contributed by atoms with E-state index in [0.717, 1.165) is 11.1 Å². The first-order valence-corrected chi connectivity index (χ1v) is 4.32. The fourth-order valence-corrected chi connectivity index (χ4v) is 1.24. The summed E-state index contributed by atoms with van der Waals surface area (Å²) in [5, 5.41) is 1.41. The Bertz CT molecular complexity index is 355. The highest BCUT2D eigenvalue weighted by Crippen LogP contribution is 2.17. The van der Waals surface area contributed by atoms with E-state index >= 15 is 0 Å². The van der Waals surface area contributed by atoms with Crippen LogP contribution in [0.4, 0.5) is 5.69 Å². The number of nitrogen functional groups attached to an aromatic ring is 1. The van der Waals surface area contributed by atoms with Crippen LogP contribution >= 0.6 is 0 Å². The summed E-state index contributed by atoms with van der Waals surface area (Å²) < 4.78 is 0. The maximum Gasteiger partial charge on any atom is 0.0567 e. The van der Waals surface area contributed by atoms with Gasteiger partial charge < -0.3 is 16.5 Å². The summed E-state index contributed by atoms with van der Waals surface area (Å²) in [6.07, 6.45) is 1.65. The molecule has 1 aromatic carbocycles. The molecule has 6 N–H and O–H groups in total. The molecule has 0 aliphatic rings. The zero-order chi connectivity index (χ0) is 10.7. The number of nitrogens with zero attached hydrogens (tertiary/aromatic N) is 1. The van der Waals surface area contributed by atoms with E-state index in [1.807, 2.05) is 25.1 Å². The third kappa shape index (κ3) is 2.40. The molecule has 0 fully saturated rings. The average molecular weight is 192 g/mol. The number of hydrogen-bond donors (Lipinski definition) is 3. The molecule has 4 nitrogen and oxygen atoms in total. The minimum absolute atomic E-state index is 0.611. The van der Waals surface area contributed by atoms with Crippen LogP contribution in [-0.2, 0) is 0 Å². The number of hydrazine groups is 1. The molecule has 4 heteroatoms. The largest absolute Gasteiger partial charge is 0.399 e. The predicted octanol–water partition coefficient (Wildman–Crippen LogP) is 0.640. The van der Waals surface area contributed by atoms with Gasteiger partial charge in [-0.2, -0.15) is 0 Å². The lowest BCUT2D eigenvalue weighted by atomic mass is 10.1.